The highest BCUT2D eigenvalue weighted by Crippen LogP contribution is 2.22. The molecule has 0 amide bonds. The molecule has 0 saturated heterocycles. The van der Waals surface area contributed by atoms with E-state index in [4.69, 9.17) is 4.98 Å². The van der Waals surface area contributed by atoms with E-state index in [0.717, 1.165) is 31.0 Å². The second kappa shape index (κ2) is 7.40. The average Bonchev–Trinajstić information content (AvgIpc) is 3.09. The monoisotopic (exact) mass is 339 g/mol. The van der Waals surface area contributed by atoms with E-state index < -0.39 is 0 Å². The Morgan fingerprint density at radius 2 is 1.84 bits per heavy atom. The van der Waals surface area contributed by atoms with E-state index in [1.165, 1.54) is 11.1 Å². The van der Waals surface area contributed by atoms with Gasteiger partial charge in [-0.3, -0.25) is 9.58 Å². The van der Waals surface area contributed by atoms with Crippen LogP contribution < -0.4 is 0 Å². The molecule has 3 aromatic rings. The maximum atomic E-state index is 4.93. The first-order valence-corrected chi connectivity index (χ1v) is 9.09. The van der Waals surface area contributed by atoms with Crippen molar-refractivity contribution in [1.29, 1.82) is 0 Å². The van der Waals surface area contributed by atoms with Crippen LogP contribution in [-0.4, -0.2) is 30.8 Å². The molecule has 0 unspecified atom stereocenters. The van der Waals surface area contributed by atoms with Crippen molar-refractivity contribution in [3.63, 3.8) is 0 Å². The highest BCUT2D eigenvalue weighted by atomic mass is 15.2. The van der Waals surface area contributed by atoms with Gasteiger partial charge in [-0.25, -0.2) is 4.98 Å². The van der Waals surface area contributed by atoms with E-state index in [0.29, 0.717) is 12.0 Å². The zero-order valence-electron chi connectivity index (χ0n) is 16.0. The fourth-order valence-electron chi connectivity index (χ4n) is 3.50. The Labute approximate surface area is 150 Å². The highest BCUT2D eigenvalue weighted by Gasteiger charge is 2.17. The Morgan fingerprint density at radius 3 is 2.48 bits per heavy atom. The lowest BCUT2D eigenvalue weighted by Gasteiger charge is -2.24. The lowest BCUT2D eigenvalue weighted by atomic mass is 10.2. The molecule has 3 rings (SSSR count). The van der Waals surface area contributed by atoms with Gasteiger partial charge in [-0.1, -0.05) is 26.0 Å². The van der Waals surface area contributed by atoms with Gasteiger partial charge in [0.25, 0.3) is 0 Å². The summed E-state index contributed by atoms with van der Waals surface area (Å²) in [6.45, 7) is 11.8. The number of fused-ring (bicyclic) bond motifs is 1. The van der Waals surface area contributed by atoms with Gasteiger partial charge in [0.15, 0.2) is 0 Å². The third-order valence-electron chi connectivity index (χ3n) is 4.34. The number of aryl methyl sites for hydroxylation is 1. The third kappa shape index (κ3) is 4.10. The van der Waals surface area contributed by atoms with Crippen LogP contribution in [0.25, 0.3) is 11.0 Å². The van der Waals surface area contributed by atoms with Gasteiger partial charge < -0.3 is 4.57 Å². The molecular formula is C20H29N5. The Balaban J connectivity index is 1.90. The number of hydrogen-bond donors (Lipinski definition) is 0. The molecule has 0 fully saturated rings. The van der Waals surface area contributed by atoms with Gasteiger partial charge in [0, 0.05) is 37.9 Å². The molecule has 0 bridgehead atoms. The summed E-state index contributed by atoms with van der Waals surface area (Å²) < 4.78 is 4.23. The minimum absolute atomic E-state index is 0.390. The predicted molar refractivity (Wildman–Crippen MR) is 102 cm³/mol. The SMILES string of the molecule is CC(C)CN(Cc1cnn(C)c1)Cc1nc2ccccc2n1C(C)C. The Bertz CT molecular complexity index is 828. The molecular weight excluding hydrogens is 310 g/mol. The van der Waals surface area contributed by atoms with Gasteiger partial charge in [-0.2, -0.15) is 5.10 Å². The summed E-state index contributed by atoms with van der Waals surface area (Å²) in [6, 6.07) is 8.81. The first kappa shape index (κ1) is 17.7. The summed E-state index contributed by atoms with van der Waals surface area (Å²) in [5.41, 5.74) is 3.55. The van der Waals surface area contributed by atoms with Crippen molar-refractivity contribution in [2.45, 2.75) is 46.8 Å². The number of rotatable bonds is 7. The van der Waals surface area contributed by atoms with Crippen LogP contribution in [0.3, 0.4) is 0 Å². The molecule has 0 atom stereocenters. The second-order valence-corrected chi connectivity index (χ2v) is 7.57. The summed E-state index contributed by atoms with van der Waals surface area (Å²) in [5, 5.41) is 4.31. The summed E-state index contributed by atoms with van der Waals surface area (Å²) in [7, 11) is 1.97. The third-order valence-corrected chi connectivity index (χ3v) is 4.34. The quantitative estimate of drug-likeness (QED) is 0.653. The van der Waals surface area contributed by atoms with E-state index in [-0.39, 0.29) is 0 Å². The van der Waals surface area contributed by atoms with Crippen LogP contribution in [-0.2, 0) is 20.1 Å². The number of para-hydroxylation sites is 2. The minimum Gasteiger partial charge on any atom is -0.324 e. The summed E-state index contributed by atoms with van der Waals surface area (Å²) >= 11 is 0. The first-order chi connectivity index (χ1) is 11.9. The maximum Gasteiger partial charge on any atom is 0.124 e. The smallest absolute Gasteiger partial charge is 0.124 e. The molecule has 0 aliphatic heterocycles. The van der Waals surface area contributed by atoms with Crippen LogP contribution in [0.15, 0.2) is 36.7 Å². The van der Waals surface area contributed by atoms with Crippen LogP contribution in [0.1, 0.15) is 45.1 Å². The first-order valence-electron chi connectivity index (χ1n) is 9.09. The van der Waals surface area contributed by atoms with Crippen LogP contribution in [0.2, 0.25) is 0 Å². The van der Waals surface area contributed by atoms with Crippen LogP contribution in [0, 0.1) is 5.92 Å². The normalized spacial score (nSPS) is 12.2. The van der Waals surface area contributed by atoms with Crippen molar-refractivity contribution >= 4 is 11.0 Å². The van der Waals surface area contributed by atoms with Crippen LogP contribution in [0.4, 0.5) is 0 Å². The Morgan fingerprint density at radius 1 is 1.08 bits per heavy atom. The number of benzene rings is 1. The Kier molecular flexibility index (Phi) is 5.23. The summed E-state index contributed by atoms with van der Waals surface area (Å²) in [6.07, 6.45) is 4.05. The number of nitrogens with zero attached hydrogens (tertiary/aromatic N) is 5. The lowest BCUT2D eigenvalue weighted by Crippen LogP contribution is -2.28. The Hall–Kier alpha value is -2.14. The molecule has 0 aliphatic carbocycles. The molecule has 2 aromatic heterocycles. The average molecular weight is 339 g/mol. The molecule has 0 spiro atoms. The molecule has 5 heteroatoms. The molecule has 0 N–H and O–H groups in total. The molecule has 0 radical (unpaired) electrons. The van der Waals surface area contributed by atoms with Crippen LogP contribution >= 0.6 is 0 Å². The van der Waals surface area contributed by atoms with Crippen LogP contribution in [0.5, 0.6) is 0 Å². The molecule has 134 valence electrons. The van der Waals surface area contributed by atoms with Crippen molar-refractivity contribution in [3.05, 3.63) is 48.0 Å². The zero-order chi connectivity index (χ0) is 18.0. The number of hydrogen-bond acceptors (Lipinski definition) is 3. The van der Waals surface area contributed by atoms with Gasteiger partial charge in [-0.05, 0) is 31.9 Å². The van der Waals surface area contributed by atoms with Gasteiger partial charge in [0.2, 0.25) is 0 Å². The zero-order valence-corrected chi connectivity index (χ0v) is 16.0. The van der Waals surface area contributed by atoms with Crippen molar-refractivity contribution in [3.8, 4) is 0 Å². The summed E-state index contributed by atoms with van der Waals surface area (Å²) in [4.78, 5) is 7.40. The van der Waals surface area contributed by atoms with Gasteiger partial charge >= 0.3 is 0 Å². The van der Waals surface area contributed by atoms with Crippen molar-refractivity contribution < 1.29 is 0 Å². The van der Waals surface area contributed by atoms with E-state index in [9.17, 15) is 0 Å². The minimum atomic E-state index is 0.390. The molecule has 1 aromatic carbocycles. The lowest BCUT2D eigenvalue weighted by molar-refractivity contribution is 0.218. The van der Waals surface area contributed by atoms with Crippen molar-refractivity contribution in [2.75, 3.05) is 6.54 Å². The molecule has 0 saturated carbocycles. The second-order valence-electron chi connectivity index (χ2n) is 7.57. The largest absolute Gasteiger partial charge is 0.324 e. The number of aromatic nitrogens is 4. The van der Waals surface area contributed by atoms with E-state index >= 15 is 0 Å². The van der Waals surface area contributed by atoms with Crippen molar-refractivity contribution in [2.24, 2.45) is 13.0 Å². The molecule has 2 heterocycles. The predicted octanol–water partition coefficient (Wildman–Crippen LogP) is 4.01. The highest BCUT2D eigenvalue weighted by molar-refractivity contribution is 5.76. The standard InChI is InChI=1S/C20H29N5/c1-15(2)11-24(13-17-10-21-23(5)12-17)14-20-22-18-8-6-7-9-19(18)25(20)16(3)4/h6-10,12,15-16H,11,13-14H2,1-5H3. The molecule has 25 heavy (non-hydrogen) atoms. The van der Waals surface area contributed by atoms with Gasteiger partial charge in [0.1, 0.15) is 5.82 Å². The topological polar surface area (TPSA) is 38.9 Å². The van der Waals surface area contributed by atoms with Crippen molar-refractivity contribution in [1.82, 2.24) is 24.2 Å². The summed E-state index contributed by atoms with van der Waals surface area (Å²) in [5.74, 6) is 1.74. The van der Waals surface area contributed by atoms with E-state index in [1.807, 2.05) is 17.9 Å². The van der Waals surface area contributed by atoms with E-state index in [1.54, 1.807) is 0 Å². The van der Waals surface area contributed by atoms with Gasteiger partial charge in [0.05, 0.1) is 23.8 Å². The fourth-order valence-corrected chi connectivity index (χ4v) is 3.50. The van der Waals surface area contributed by atoms with E-state index in [2.05, 4.69) is 72.7 Å². The number of imidazole rings is 1. The van der Waals surface area contributed by atoms with Gasteiger partial charge in [-0.15, -0.1) is 0 Å². The maximum absolute atomic E-state index is 4.93. The molecule has 0 aliphatic rings. The molecule has 5 nitrogen and oxygen atoms in total. The fraction of sp³-hybridized carbons (Fsp3) is 0.500.